The number of fused-ring (bicyclic) bond motifs is 3. The van der Waals surface area contributed by atoms with Crippen LogP contribution in [0.3, 0.4) is 0 Å². The highest BCUT2D eigenvalue weighted by atomic mass is 16.5. The lowest BCUT2D eigenvalue weighted by molar-refractivity contribution is 0.394. The average Bonchev–Trinajstić information content (AvgIpc) is 1.53. The third kappa shape index (κ3) is 18.9. The Morgan fingerprint density at radius 2 is 0.789 bits per heavy atom. The van der Waals surface area contributed by atoms with Gasteiger partial charge in [0.1, 0.15) is 34.5 Å². The highest BCUT2D eigenvalue weighted by molar-refractivity contribution is 5.90. The van der Waals surface area contributed by atoms with Crippen LogP contribution in [-0.4, -0.2) is 148 Å². The molecule has 0 bridgehead atoms. The Balaban J connectivity index is 0.000000153. The molecule has 24 nitrogen and oxygen atoms in total. The van der Waals surface area contributed by atoms with Crippen LogP contribution in [-0.2, 0) is 21.1 Å². The fourth-order valence-corrected chi connectivity index (χ4v) is 12.0. The SMILES string of the molecule is COc1cc(OC)cc(N(CC#Cc2nccc(OC)n2)c2ccc3ncc(-c4cnn(C)c4)cc3c2)c1.COc1cc(OC)cc(N(CC#Cc2ncccc2OC)c2ccc3ncc(-c4cnn(C)c4)cc3c2)c1.COc1cc(OC)cc(N(CCNC(C)C)c2ccc3ncc(-c4cnn(C)c4)cc3c2)c1. The van der Waals surface area contributed by atoms with Crippen LogP contribution < -0.4 is 57.9 Å². The molecule has 14 rings (SSSR count). The van der Waals surface area contributed by atoms with Crippen LogP contribution in [0.1, 0.15) is 25.4 Å². The zero-order chi connectivity index (χ0) is 76.3. The van der Waals surface area contributed by atoms with Gasteiger partial charge in [-0.3, -0.25) is 29.0 Å². The first-order valence-corrected chi connectivity index (χ1v) is 34.9. The molecule has 0 aliphatic carbocycles. The maximum absolute atomic E-state index is 5.54. The number of nitrogens with one attached hydrogen (secondary N) is 1. The van der Waals surface area contributed by atoms with Crippen molar-refractivity contribution in [1.82, 2.24) is 64.6 Å². The molecule has 0 aliphatic rings. The summed E-state index contributed by atoms with van der Waals surface area (Å²) in [5.74, 6) is 18.4. The summed E-state index contributed by atoms with van der Waals surface area (Å²) in [4.78, 5) is 33.3. The molecule has 552 valence electrons. The smallest absolute Gasteiger partial charge is 0.217 e. The first-order valence-electron chi connectivity index (χ1n) is 34.9. The average molecular weight is 1460 g/mol. The molecule has 0 atom stereocenters. The van der Waals surface area contributed by atoms with Crippen molar-refractivity contribution in [1.29, 1.82) is 0 Å². The normalized spacial score (nSPS) is 10.7. The molecule has 0 fully saturated rings. The van der Waals surface area contributed by atoms with Gasteiger partial charge in [0.15, 0.2) is 11.4 Å². The topological polar surface area (TPSA) is 226 Å². The second-order valence-corrected chi connectivity index (χ2v) is 25.2. The summed E-state index contributed by atoms with van der Waals surface area (Å²) in [5.41, 5.74) is 15.1. The quantitative estimate of drug-likeness (QED) is 0.0587. The van der Waals surface area contributed by atoms with E-state index >= 15 is 0 Å². The number of aromatic nitrogens is 12. The van der Waals surface area contributed by atoms with E-state index in [-0.39, 0.29) is 0 Å². The standard InChI is InChI=1S/C30H27N5O3.C29H26N6O3.C26H31N5O2/c1-34-20-23(19-33-34)22-13-21-14-24(9-10-28(21)32-18-22)35(25-15-26(36-2)17-27(16-25)37-3)12-6-7-29-30(38-4)8-5-11-31-29;1-34-19-22(18-32-34)21-12-20-13-23(7-8-27(20)31-17-21)35(24-14-25(36-2)16-26(15-24)37-3)11-5-6-28-30-10-9-29(33-28)38-4;1-18(2)27-8-9-31(23-12-24(32-4)14-25(13-23)33-5)22-6-7-26-19(11-22)10-20(15-28-26)21-16-29-30(3)17-21/h5,8-11,13-20H,12H2,1-4H3;7-10,12-19H,11H2,1-4H3;6-7,10-18,27H,8-9H2,1-5H3. The van der Waals surface area contributed by atoms with Crippen LogP contribution in [0.2, 0.25) is 0 Å². The zero-order valence-electron chi connectivity index (χ0n) is 63.1. The number of anilines is 6. The van der Waals surface area contributed by atoms with E-state index in [1.165, 1.54) is 0 Å². The third-order valence-corrected chi connectivity index (χ3v) is 17.6. The van der Waals surface area contributed by atoms with Crippen molar-refractivity contribution in [3.63, 3.8) is 0 Å². The van der Waals surface area contributed by atoms with Crippen molar-refractivity contribution in [3.8, 4) is 103 Å². The van der Waals surface area contributed by atoms with E-state index in [4.69, 9.17) is 37.9 Å². The monoisotopic (exact) mass is 1460 g/mol. The zero-order valence-corrected chi connectivity index (χ0v) is 63.1. The van der Waals surface area contributed by atoms with Crippen molar-refractivity contribution in [3.05, 3.63) is 225 Å². The van der Waals surface area contributed by atoms with Gasteiger partial charge in [-0.1, -0.05) is 25.7 Å². The Kier molecular flexibility index (Phi) is 24.3. The van der Waals surface area contributed by atoms with E-state index in [1.54, 1.807) is 89.4 Å². The number of ether oxygens (including phenoxy) is 8. The number of methoxy groups -OCH3 is 8. The summed E-state index contributed by atoms with van der Waals surface area (Å²) < 4.78 is 49.1. The van der Waals surface area contributed by atoms with Crippen molar-refractivity contribution in [2.24, 2.45) is 21.1 Å². The van der Waals surface area contributed by atoms with Gasteiger partial charge in [-0.25, -0.2) is 9.97 Å². The maximum atomic E-state index is 5.54. The third-order valence-electron chi connectivity index (χ3n) is 17.6. The molecule has 0 unspecified atom stereocenters. The van der Waals surface area contributed by atoms with Crippen molar-refractivity contribution in [2.45, 2.75) is 19.9 Å². The second-order valence-electron chi connectivity index (χ2n) is 25.2. The number of pyridine rings is 4. The lowest BCUT2D eigenvalue weighted by atomic mass is 10.1. The summed E-state index contributed by atoms with van der Waals surface area (Å²) in [6, 6.07) is 48.2. The Morgan fingerprint density at radius 1 is 0.385 bits per heavy atom. The fourth-order valence-electron chi connectivity index (χ4n) is 12.0. The van der Waals surface area contributed by atoms with Crippen LogP contribution in [0, 0.1) is 23.7 Å². The van der Waals surface area contributed by atoms with Gasteiger partial charge < -0.3 is 57.9 Å². The minimum atomic E-state index is 0.359. The summed E-state index contributed by atoms with van der Waals surface area (Å²) in [5, 5.41) is 19.5. The molecule has 6 aromatic carbocycles. The Hall–Kier alpha value is -13.7. The van der Waals surface area contributed by atoms with Crippen LogP contribution in [0.4, 0.5) is 34.1 Å². The Morgan fingerprint density at radius 3 is 1.17 bits per heavy atom. The van der Waals surface area contributed by atoms with Gasteiger partial charge >= 0.3 is 0 Å². The lowest BCUT2D eigenvalue weighted by Crippen LogP contribution is -2.32. The predicted octanol–water partition coefficient (Wildman–Crippen LogP) is 14.7. The van der Waals surface area contributed by atoms with Crippen LogP contribution >= 0.6 is 0 Å². The number of rotatable bonds is 23. The summed E-state index contributed by atoms with van der Waals surface area (Å²) in [6.07, 6.45) is 20.4. The van der Waals surface area contributed by atoms with Gasteiger partial charge in [0.25, 0.3) is 0 Å². The van der Waals surface area contributed by atoms with E-state index in [1.807, 2.05) is 168 Å². The second kappa shape index (κ2) is 35.4. The van der Waals surface area contributed by atoms with E-state index in [2.05, 4.69) is 151 Å². The van der Waals surface area contributed by atoms with Crippen molar-refractivity contribution >= 4 is 66.8 Å². The number of hydrogen-bond donors (Lipinski definition) is 1. The molecule has 0 spiro atoms. The van der Waals surface area contributed by atoms with Crippen molar-refractivity contribution < 1.29 is 37.9 Å². The molecule has 8 aromatic heterocycles. The number of nitrogens with zero attached hydrogens (tertiary/aromatic N) is 15. The van der Waals surface area contributed by atoms with Gasteiger partial charge in [0.05, 0.1) is 105 Å². The molecule has 1 N–H and O–H groups in total. The minimum absolute atomic E-state index is 0.359. The lowest BCUT2D eigenvalue weighted by Gasteiger charge is -2.27. The van der Waals surface area contributed by atoms with Crippen LogP contribution in [0.5, 0.6) is 46.1 Å². The van der Waals surface area contributed by atoms with E-state index < -0.39 is 0 Å². The molecule has 0 saturated carbocycles. The number of benzene rings is 6. The first kappa shape index (κ1) is 75.0. The van der Waals surface area contributed by atoms with E-state index in [9.17, 15) is 0 Å². The predicted molar refractivity (Wildman–Crippen MR) is 428 cm³/mol. The minimum Gasteiger partial charge on any atom is -0.497 e. The summed E-state index contributed by atoms with van der Waals surface area (Å²) in [7, 11) is 18.8. The van der Waals surface area contributed by atoms with Gasteiger partial charge in [0, 0.05) is 234 Å². The summed E-state index contributed by atoms with van der Waals surface area (Å²) in [6.45, 7) is 6.68. The molecular weight excluding hydrogens is 1370 g/mol. The molecule has 0 amide bonds. The van der Waals surface area contributed by atoms with Gasteiger partial charge in [-0.05, 0) is 96.8 Å². The molecule has 14 aromatic rings. The highest BCUT2D eigenvalue weighted by Gasteiger charge is 2.19. The van der Waals surface area contributed by atoms with Crippen LogP contribution in [0.25, 0.3) is 66.1 Å². The van der Waals surface area contributed by atoms with Gasteiger partial charge in [0.2, 0.25) is 11.7 Å². The largest absolute Gasteiger partial charge is 0.497 e. The van der Waals surface area contributed by atoms with Crippen molar-refractivity contribution in [2.75, 3.05) is 97.8 Å². The number of hydrogen-bond acceptors (Lipinski definition) is 21. The number of aryl methyl sites for hydroxylation is 3. The molecule has 8 heterocycles. The van der Waals surface area contributed by atoms with E-state index in [0.717, 1.165) is 125 Å². The maximum Gasteiger partial charge on any atom is 0.217 e. The highest BCUT2D eigenvalue weighted by Crippen LogP contribution is 2.39. The summed E-state index contributed by atoms with van der Waals surface area (Å²) >= 11 is 0. The molecule has 109 heavy (non-hydrogen) atoms. The molecule has 24 heteroatoms. The Labute approximate surface area is 633 Å². The van der Waals surface area contributed by atoms with Crippen LogP contribution in [0.15, 0.2) is 214 Å². The Bertz CT molecular complexity index is 5550. The molecular formula is C85H84N16O8. The molecule has 0 aliphatic heterocycles. The van der Waals surface area contributed by atoms with Gasteiger partial charge in [-0.15, -0.1) is 0 Å². The van der Waals surface area contributed by atoms with Gasteiger partial charge in [-0.2, -0.15) is 20.3 Å². The van der Waals surface area contributed by atoms with E-state index in [0.29, 0.717) is 65.3 Å². The molecule has 0 radical (unpaired) electrons. The first-order chi connectivity index (χ1) is 53.1. The molecule has 0 saturated heterocycles. The fraction of sp³-hybridized carbons (Fsp3) is 0.212.